The standard InChI is InChI=1S/C10H16N2O3/c1-7-3-4-8(15-7)5-12-9(6-14-2)10(11)13/h3-4,9,12H,5-6H2,1-2H3,(H2,11,13). The van der Waals surface area contributed by atoms with E-state index in [4.69, 9.17) is 14.9 Å². The average Bonchev–Trinajstić information content (AvgIpc) is 2.58. The van der Waals surface area contributed by atoms with E-state index >= 15 is 0 Å². The van der Waals surface area contributed by atoms with Crippen molar-refractivity contribution in [3.63, 3.8) is 0 Å². The zero-order valence-electron chi connectivity index (χ0n) is 8.95. The molecule has 1 atom stereocenters. The smallest absolute Gasteiger partial charge is 0.236 e. The Morgan fingerprint density at radius 1 is 1.67 bits per heavy atom. The number of nitrogens with one attached hydrogen (secondary N) is 1. The fourth-order valence-corrected chi connectivity index (χ4v) is 1.21. The lowest BCUT2D eigenvalue weighted by molar-refractivity contribution is -0.121. The molecule has 0 aliphatic rings. The third-order valence-electron chi connectivity index (χ3n) is 2.00. The molecule has 1 aromatic rings. The van der Waals surface area contributed by atoms with E-state index in [1.54, 1.807) is 0 Å². The van der Waals surface area contributed by atoms with E-state index in [0.717, 1.165) is 11.5 Å². The summed E-state index contributed by atoms with van der Waals surface area (Å²) in [7, 11) is 1.52. The third-order valence-corrected chi connectivity index (χ3v) is 2.00. The highest BCUT2D eigenvalue weighted by Gasteiger charge is 2.14. The van der Waals surface area contributed by atoms with E-state index in [1.807, 2.05) is 19.1 Å². The van der Waals surface area contributed by atoms with Gasteiger partial charge >= 0.3 is 0 Å². The number of aryl methyl sites for hydroxylation is 1. The van der Waals surface area contributed by atoms with Crippen molar-refractivity contribution < 1.29 is 13.9 Å². The summed E-state index contributed by atoms with van der Waals surface area (Å²) in [6.45, 7) is 2.59. The Morgan fingerprint density at radius 2 is 2.40 bits per heavy atom. The van der Waals surface area contributed by atoms with Crippen LogP contribution in [0.25, 0.3) is 0 Å². The minimum absolute atomic E-state index is 0.259. The summed E-state index contributed by atoms with van der Waals surface area (Å²) in [5.74, 6) is 1.18. The minimum Gasteiger partial charge on any atom is -0.465 e. The molecule has 0 radical (unpaired) electrons. The summed E-state index contributed by atoms with van der Waals surface area (Å²) in [5.41, 5.74) is 5.18. The van der Waals surface area contributed by atoms with Crippen LogP contribution in [0.1, 0.15) is 11.5 Å². The van der Waals surface area contributed by atoms with Gasteiger partial charge in [-0.3, -0.25) is 10.1 Å². The van der Waals surface area contributed by atoms with E-state index in [0.29, 0.717) is 6.54 Å². The third kappa shape index (κ3) is 3.73. The molecule has 0 saturated carbocycles. The second-order valence-corrected chi connectivity index (χ2v) is 3.30. The first-order chi connectivity index (χ1) is 7.13. The zero-order valence-corrected chi connectivity index (χ0v) is 8.95. The molecule has 0 aromatic carbocycles. The highest BCUT2D eigenvalue weighted by atomic mass is 16.5. The van der Waals surface area contributed by atoms with Gasteiger partial charge in [-0.15, -0.1) is 0 Å². The first-order valence-electron chi connectivity index (χ1n) is 4.70. The number of methoxy groups -OCH3 is 1. The van der Waals surface area contributed by atoms with Gasteiger partial charge in [0.2, 0.25) is 5.91 Å². The number of carbonyl (C=O) groups excluding carboxylic acids is 1. The van der Waals surface area contributed by atoms with Crippen LogP contribution in [0.5, 0.6) is 0 Å². The zero-order chi connectivity index (χ0) is 11.3. The van der Waals surface area contributed by atoms with Crippen molar-refractivity contribution in [3.8, 4) is 0 Å². The monoisotopic (exact) mass is 212 g/mol. The molecule has 1 rings (SSSR count). The van der Waals surface area contributed by atoms with Gasteiger partial charge in [0.25, 0.3) is 0 Å². The van der Waals surface area contributed by atoms with E-state index in [-0.39, 0.29) is 6.61 Å². The Hall–Kier alpha value is -1.33. The highest BCUT2D eigenvalue weighted by molar-refractivity contribution is 5.79. The second kappa shape index (κ2) is 5.53. The van der Waals surface area contributed by atoms with Gasteiger partial charge in [0.15, 0.2) is 0 Å². The molecule has 0 fully saturated rings. The van der Waals surface area contributed by atoms with Gasteiger partial charge < -0.3 is 14.9 Å². The maximum Gasteiger partial charge on any atom is 0.236 e. The van der Waals surface area contributed by atoms with Crippen molar-refractivity contribution in [2.24, 2.45) is 5.73 Å². The normalized spacial score (nSPS) is 12.7. The van der Waals surface area contributed by atoms with Crippen LogP contribution in [0.15, 0.2) is 16.5 Å². The van der Waals surface area contributed by atoms with Crippen LogP contribution >= 0.6 is 0 Å². The quantitative estimate of drug-likeness (QED) is 0.705. The Kier molecular flexibility index (Phi) is 4.33. The van der Waals surface area contributed by atoms with Gasteiger partial charge in [0.05, 0.1) is 13.2 Å². The molecule has 1 unspecified atom stereocenters. The SMILES string of the molecule is COCC(NCc1ccc(C)o1)C(N)=O. The second-order valence-electron chi connectivity index (χ2n) is 3.30. The van der Waals surface area contributed by atoms with Crippen LogP contribution in [0, 0.1) is 6.92 Å². The summed E-state index contributed by atoms with van der Waals surface area (Å²) >= 11 is 0. The van der Waals surface area contributed by atoms with Gasteiger partial charge in [-0.1, -0.05) is 0 Å². The molecule has 5 heteroatoms. The van der Waals surface area contributed by atoms with Crippen LogP contribution in [-0.2, 0) is 16.1 Å². The van der Waals surface area contributed by atoms with Gasteiger partial charge in [-0.2, -0.15) is 0 Å². The number of ether oxygens (including phenoxy) is 1. The molecule has 84 valence electrons. The number of primary amides is 1. The maximum absolute atomic E-state index is 11.0. The van der Waals surface area contributed by atoms with E-state index in [9.17, 15) is 4.79 Å². The number of furan rings is 1. The Morgan fingerprint density at radius 3 is 2.87 bits per heavy atom. The number of hydrogen-bond donors (Lipinski definition) is 2. The van der Waals surface area contributed by atoms with Gasteiger partial charge in [-0.05, 0) is 19.1 Å². The summed E-state index contributed by atoms with van der Waals surface area (Å²) in [4.78, 5) is 11.0. The van der Waals surface area contributed by atoms with Crippen LogP contribution in [-0.4, -0.2) is 25.7 Å². The summed E-state index contributed by atoms with van der Waals surface area (Å²) in [6, 6.07) is 3.24. The molecular formula is C10H16N2O3. The van der Waals surface area contributed by atoms with Crippen molar-refractivity contribution in [2.75, 3.05) is 13.7 Å². The van der Waals surface area contributed by atoms with Crippen LogP contribution in [0.3, 0.4) is 0 Å². The molecule has 0 aliphatic heterocycles. The lowest BCUT2D eigenvalue weighted by Gasteiger charge is -2.12. The van der Waals surface area contributed by atoms with E-state index in [1.165, 1.54) is 7.11 Å². The summed E-state index contributed by atoms with van der Waals surface area (Å²) in [5, 5.41) is 2.96. The summed E-state index contributed by atoms with van der Waals surface area (Å²) in [6.07, 6.45) is 0. The molecule has 5 nitrogen and oxygen atoms in total. The molecule has 1 aromatic heterocycles. The topological polar surface area (TPSA) is 77.5 Å². The molecule has 0 spiro atoms. The molecule has 1 amide bonds. The van der Waals surface area contributed by atoms with Gasteiger partial charge in [0, 0.05) is 7.11 Å². The number of amides is 1. The predicted octanol–water partition coefficient (Wildman–Crippen LogP) is 0.178. The average molecular weight is 212 g/mol. The van der Waals surface area contributed by atoms with Gasteiger partial charge in [0.1, 0.15) is 17.6 Å². The first-order valence-corrected chi connectivity index (χ1v) is 4.70. The molecule has 0 bridgehead atoms. The maximum atomic E-state index is 11.0. The number of hydrogen-bond acceptors (Lipinski definition) is 4. The number of nitrogens with two attached hydrogens (primary N) is 1. The van der Waals surface area contributed by atoms with Crippen molar-refractivity contribution in [2.45, 2.75) is 19.5 Å². The number of carbonyl (C=O) groups is 1. The molecule has 0 saturated heterocycles. The number of rotatable bonds is 6. The van der Waals surface area contributed by atoms with Crippen molar-refractivity contribution in [1.82, 2.24) is 5.32 Å². The fourth-order valence-electron chi connectivity index (χ4n) is 1.21. The van der Waals surface area contributed by atoms with E-state index in [2.05, 4.69) is 5.32 Å². The largest absolute Gasteiger partial charge is 0.465 e. The van der Waals surface area contributed by atoms with Crippen LogP contribution in [0.2, 0.25) is 0 Å². The van der Waals surface area contributed by atoms with Crippen molar-refractivity contribution in [3.05, 3.63) is 23.7 Å². The fraction of sp³-hybridized carbons (Fsp3) is 0.500. The van der Waals surface area contributed by atoms with Crippen LogP contribution in [0.4, 0.5) is 0 Å². The molecule has 0 aliphatic carbocycles. The highest BCUT2D eigenvalue weighted by Crippen LogP contribution is 2.05. The molecule has 3 N–H and O–H groups in total. The summed E-state index contributed by atoms with van der Waals surface area (Å²) < 4.78 is 10.2. The molecule has 1 heterocycles. The minimum atomic E-state index is -0.486. The Labute approximate surface area is 88.6 Å². The van der Waals surface area contributed by atoms with Gasteiger partial charge in [-0.25, -0.2) is 0 Å². The molecule has 15 heavy (non-hydrogen) atoms. The predicted molar refractivity (Wildman–Crippen MR) is 55.1 cm³/mol. The van der Waals surface area contributed by atoms with Crippen molar-refractivity contribution in [1.29, 1.82) is 0 Å². The van der Waals surface area contributed by atoms with Crippen LogP contribution < -0.4 is 11.1 Å². The lowest BCUT2D eigenvalue weighted by Crippen LogP contribution is -2.43. The first kappa shape index (κ1) is 11.7. The Bertz CT molecular complexity index is 322. The van der Waals surface area contributed by atoms with E-state index < -0.39 is 11.9 Å². The Balaban J connectivity index is 2.43. The molecular weight excluding hydrogens is 196 g/mol. The van der Waals surface area contributed by atoms with Crippen molar-refractivity contribution >= 4 is 5.91 Å². The lowest BCUT2D eigenvalue weighted by atomic mass is 10.3.